The van der Waals surface area contributed by atoms with E-state index in [-0.39, 0.29) is 10.6 Å². The molecule has 0 aliphatic heterocycles. The third kappa shape index (κ3) is 4.60. The summed E-state index contributed by atoms with van der Waals surface area (Å²) in [6.07, 6.45) is 0. The van der Waals surface area contributed by atoms with Crippen molar-refractivity contribution in [2.45, 2.75) is 13.8 Å². The Labute approximate surface area is 63.7 Å². The van der Waals surface area contributed by atoms with E-state index in [2.05, 4.69) is 15.9 Å². The molecular formula is C6H11BrO2. The lowest BCUT2D eigenvalue weighted by Gasteiger charge is -2.04. The van der Waals surface area contributed by atoms with Crippen LogP contribution in [0.2, 0.25) is 0 Å². The Morgan fingerprint density at radius 1 is 1.78 bits per heavy atom. The van der Waals surface area contributed by atoms with Crippen LogP contribution in [0.25, 0.3) is 0 Å². The summed E-state index contributed by atoms with van der Waals surface area (Å²) in [6, 6.07) is 0. The molecule has 0 aromatic heterocycles. The quantitative estimate of drug-likeness (QED) is 0.636. The zero-order chi connectivity index (χ0) is 7.28. The second-order valence-corrected chi connectivity index (χ2v) is 2.65. The number of carbonyl (C=O) groups excluding carboxylic acids is 1. The minimum Gasteiger partial charge on any atom is -0.381 e. The van der Waals surface area contributed by atoms with Crippen LogP contribution in [0.4, 0.5) is 0 Å². The van der Waals surface area contributed by atoms with Gasteiger partial charge in [-0.25, -0.2) is 0 Å². The summed E-state index contributed by atoms with van der Waals surface area (Å²) in [7, 11) is 0. The summed E-state index contributed by atoms with van der Waals surface area (Å²) in [4.78, 5) is 10.5. The lowest BCUT2D eigenvalue weighted by atomic mass is 10.2. The Hall–Kier alpha value is 0.110. The van der Waals surface area contributed by atoms with E-state index in [9.17, 15) is 4.79 Å². The molecule has 0 aromatic rings. The van der Waals surface area contributed by atoms with Gasteiger partial charge in [0.1, 0.15) is 0 Å². The smallest absolute Gasteiger partial charge is 0.202 e. The van der Waals surface area contributed by atoms with Gasteiger partial charge in [-0.3, -0.25) is 4.79 Å². The molecule has 3 heteroatoms. The topological polar surface area (TPSA) is 26.3 Å². The van der Waals surface area contributed by atoms with Gasteiger partial charge in [0.25, 0.3) is 0 Å². The van der Waals surface area contributed by atoms with Crippen molar-refractivity contribution in [3.8, 4) is 0 Å². The number of rotatable bonds is 4. The molecule has 0 saturated carbocycles. The highest BCUT2D eigenvalue weighted by atomic mass is 79.9. The van der Waals surface area contributed by atoms with Crippen molar-refractivity contribution in [2.75, 3.05) is 13.2 Å². The lowest BCUT2D eigenvalue weighted by molar-refractivity contribution is -0.114. The largest absolute Gasteiger partial charge is 0.381 e. The SMILES string of the molecule is CCOCC(C)C(=O)Br. The minimum atomic E-state index is -0.0232. The molecule has 0 aliphatic rings. The van der Waals surface area contributed by atoms with Gasteiger partial charge in [-0.2, -0.15) is 0 Å². The molecule has 9 heavy (non-hydrogen) atoms. The highest BCUT2D eigenvalue weighted by molar-refractivity contribution is 9.18. The molecule has 0 bridgehead atoms. The van der Waals surface area contributed by atoms with Crippen LogP contribution in [0.1, 0.15) is 13.8 Å². The van der Waals surface area contributed by atoms with Gasteiger partial charge >= 0.3 is 0 Å². The molecule has 0 N–H and O–H groups in total. The fourth-order valence-corrected chi connectivity index (χ4v) is 0.492. The maximum absolute atomic E-state index is 10.5. The van der Waals surface area contributed by atoms with Crippen molar-refractivity contribution in [3.05, 3.63) is 0 Å². The molecule has 0 saturated heterocycles. The molecule has 0 aromatic carbocycles. The Balaban J connectivity index is 3.27. The van der Waals surface area contributed by atoms with Gasteiger partial charge in [0, 0.05) is 12.5 Å². The first kappa shape index (κ1) is 9.11. The zero-order valence-corrected chi connectivity index (χ0v) is 7.27. The molecule has 1 unspecified atom stereocenters. The molecule has 0 rings (SSSR count). The van der Waals surface area contributed by atoms with Crippen molar-refractivity contribution < 1.29 is 9.53 Å². The second-order valence-electron chi connectivity index (χ2n) is 1.86. The van der Waals surface area contributed by atoms with E-state index in [1.54, 1.807) is 0 Å². The van der Waals surface area contributed by atoms with Gasteiger partial charge in [0.2, 0.25) is 4.69 Å². The predicted molar refractivity (Wildman–Crippen MR) is 39.6 cm³/mol. The van der Waals surface area contributed by atoms with E-state index in [1.165, 1.54) is 0 Å². The number of hydrogen-bond donors (Lipinski definition) is 0. The molecule has 0 fully saturated rings. The van der Waals surface area contributed by atoms with Crippen molar-refractivity contribution in [2.24, 2.45) is 5.92 Å². The van der Waals surface area contributed by atoms with Crippen molar-refractivity contribution in [3.63, 3.8) is 0 Å². The average Bonchev–Trinajstić information content (AvgIpc) is 1.82. The normalized spacial score (nSPS) is 13.2. The highest BCUT2D eigenvalue weighted by Gasteiger charge is 2.07. The van der Waals surface area contributed by atoms with E-state index in [0.29, 0.717) is 13.2 Å². The Morgan fingerprint density at radius 2 is 2.33 bits per heavy atom. The van der Waals surface area contributed by atoms with E-state index in [4.69, 9.17) is 4.74 Å². The van der Waals surface area contributed by atoms with Crippen molar-refractivity contribution in [1.82, 2.24) is 0 Å². The third-order valence-corrected chi connectivity index (χ3v) is 1.74. The van der Waals surface area contributed by atoms with Crippen LogP contribution in [0.5, 0.6) is 0 Å². The predicted octanol–water partition coefficient (Wildman–Crippen LogP) is 1.58. The fourth-order valence-electron chi connectivity index (χ4n) is 0.360. The molecule has 1 atom stereocenters. The second kappa shape index (κ2) is 4.94. The summed E-state index contributed by atoms with van der Waals surface area (Å²) in [5, 5.41) is 0. The summed E-state index contributed by atoms with van der Waals surface area (Å²) < 4.78 is 5.02. The molecule has 2 nitrogen and oxygen atoms in total. The summed E-state index contributed by atoms with van der Waals surface area (Å²) in [6.45, 7) is 4.92. The fraction of sp³-hybridized carbons (Fsp3) is 0.833. The highest BCUT2D eigenvalue weighted by Crippen LogP contribution is 2.02. The van der Waals surface area contributed by atoms with Crippen LogP contribution < -0.4 is 0 Å². The van der Waals surface area contributed by atoms with E-state index >= 15 is 0 Å². The molecule has 0 amide bonds. The van der Waals surface area contributed by atoms with Crippen LogP contribution in [-0.4, -0.2) is 17.9 Å². The number of ether oxygens (including phenoxy) is 1. The molecule has 0 heterocycles. The van der Waals surface area contributed by atoms with Gasteiger partial charge < -0.3 is 4.74 Å². The van der Waals surface area contributed by atoms with E-state index in [1.807, 2.05) is 13.8 Å². The number of halogens is 1. The molecule has 0 radical (unpaired) electrons. The minimum absolute atomic E-state index is 0.0101. The lowest BCUT2D eigenvalue weighted by Crippen LogP contribution is -2.11. The van der Waals surface area contributed by atoms with Crippen LogP contribution in [0, 0.1) is 5.92 Å². The van der Waals surface area contributed by atoms with Gasteiger partial charge in [-0.05, 0) is 22.9 Å². The van der Waals surface area contributed by atoms with Gasteiger partial charge in [0.15, 0.2) is 0 Å². The maximum Gasteiger partial charge on any atom is 0.202 e. The number of hydrogen-bond acceptors (Lipinski definition) is 2. The van der Waals surface area contributed by atoms with Gasteiger partial charge in [0.05, 0.1) is 6.61 Å². The van der Waals surface area contributed by atoms with E-state index in [0.717, 1.165) is 0 Å². The monoisotopic (exact) mass is 194 g/mol. The first-order valence-electron chi connectivity index (χ1n) is 2.95. The Kier molecular flexibility index (Phi) is 5.00. The van der Waals surface area contributed by atoms with Gasteiger partial charge in [-0.15, -0.1) is 0 Å². The molecule has 0 spiro atoms. The molecule has 54 valence electrons. The third-order valence-electron chi connectivity index (χ3n) is 0.959. The van der Waals surface area contributed by atoms with Crippen LogP contribution in [0.15, 0.2) is 0 Å². The van der Waals surface area contributed by atoms with E-state index < -0.39 is 0 Å². The van der Waals surface area contributed by atoms with Crippen LogP contribution >= 0.6 is 15.9 Å². The van der Waals surface area contributed by atoms with Crippen molar-refractivity contribution >= 4 is 20.6 Å². The Bertz CT molecular complexity index is 93.1. The Morgan fingerprint density at radius 3 is 2.67 bits per heavy atom. The van der Waals surface area contributed by atoms with Crippen LogP contribution in [0.3, 0.4) is 0 Å². The summed E-state index contributed by atoms with van der Waals surface area (Å²) in [5.74, 6) is -0.0232. The standard InChI is InChI=1S/C6H11BrO2/c1-3-9-4-5(2)6(7)8/h5H,3-4H2,1-2H3. The van der Waals surface area contributed by atoms with Gasteiger partial charge in [-0.1, -0.05) is 6.92 Å². The molecular weight excluding hydrogens is 184 g/mol. The zero-order valence-electron chi connectivity index (χ0n) is 5.69. The number of carbonyl (C=O) groups is 1. The first-order valence-corrected chi connectivity index (χ1v) is 3.74. The first-order chi connectivity index (χ1) is 4.18. The molecule has 0 aliphatic carbocycles. The summed E-state index contributed by atoms with van der Waals surface area (Å²) >= 11 is 2.85. The average molecular weight is 195 g/mol. The van der Waals surface area contributed by atoms with Crippen LogP contribution in [-0.2, 0) is 9.53 Å². The summed E-state index contributed by atoms with van der Waals surface area (Å²) in [5.41, 5.74) is 0. The van der Waals surface area contributed by atoms with Crippen molar-refractivity contribution in [1.29, 1.82) is 0 Å². The maximum atomic E-state index is 10.5.